The molecule has 3 heteroatoms. The molecule has 2 atom stereocenters. The Morgan fingerprint density at radius 3 is 2.44 bits per heavy atom. The van der Waals surface area contributed by atoms with Crippen molar-refractivity contribution >= 4 is 11.8 Å². The van der Waals surface area contributed by atoms with Gasteiger partial charge in [-0.2, -0.15) is 11.8 Å². The first kappa shape index (κ1) is 15.5. The summed E-state index contributed by atoms with van der Waals surface area (Å²) in [6.45, 7) is 4.57. The molecule has 0 fully saturated rings. The molecule has 1 aromatic carbocycles. The van der Waals surface area contributed by atoms with Crippen LogP contribution >= 0.6 is 11.8 Å². The van der Waals surface area contributed by atoms with Crippen molar-refractivity contribution in [3.63, 3.8) is 0 Å². The van der Waals surface area contributed by atoms with Gasteiger partial charge in [-0.1, -0.05) is 36.8 Å². The molecule has 18 heavy (non-hydrogen) atoms. The van der Waals surface area contributed by atoms with Crippen molar-refractivity contribution in [1.82, 2.24) is 5.32 Å². The van der Waals surface area contributed by atoms with Crippen LogP contribution in [0.5, 0.6) is 0 Å². The van der Waals surface area contributed by atoms with Crippen LogP contribution in [0.2, 0.25) is 0 Å². The van der Waals surface area contributed by atoms with Crippen molar-refractivity contribution in [2.24, 2.45) is 0 Å². The maximum absolute atomic E-state index is 9.11. The highest BCUT2D eigenvalue weighted by Crippen LogP contribution is 2.19. The number of aryl methyl sites for hydroxylation is 1. The Balaban J connectivity index is 2.67. The lowest BCUT2D eigenvalue weighted by Gasteiger charge is -2.24. The fraction of sp³-hybridized carbons (Fsp3) is 0.600. The summed E-state index contributed by atoms with van der Waals surface area (Å²) in [4.78, 5) is 0. The van der Waals surface area contributed by atoms with Gasteiger partial charge in [0.1, 0.15) is 0 Å². The van der Waals surface area contributed by atoms with Crippen molar-refractivity contribution in [3.8, 4) is 0 Å². The van der Waals surface area contributed by atoms with Crippen LogP contribution < -0.4 is 5.32 Å². The molecule has 0 aliphatic heterocycles. The fourth-order valence-corrected chi connectivity index (χ4v) is 2.77. The molecule has 0 amide bonds. The second-order valence-corrected chi connectivity index (χ2v) is 5.61. The summed E-state index contributed by atoms with van der Waals surface area (Å²) in [7, 11) is 0. The lowest BCUT2D eigenvalue weighted by Crippen LogP contribution is -2.35. The summed E-state index contributed by atoms with van der Waals surface area (Å²) in [5, 5.41) is 12.8. The smallest absolute Gasteiger partial charge is 0.0446 e. The van der Waals surface area contributed by atoms with Crippen molar-refractivity contribution in [1.29, 1.82) is 0 Å². The first-order valence-electron chi connectivity index (χ1n) is 6.63. The molecule has 0 heterocycles. The van der Waals surface area contributed by atoms with E-state index in [1.54, 1.807) is 0 Å². The zero-order valence-corrected chi connectivity index (χ0v) is 12.5. The maximum Gasteiger partial charge on any atom is 0.0446 e. The van der Waals surface area contributed by atoms with Gasteiger partial charge in [0.05, 0.1) is 0 Å². The van der Waals surface area contributed by atoms with Crippen molar-refractivity contribution in [2.45, 2.75) is 38.8 Å². The molecule has 0 saturated heterocycles. The molecule has 0 aliphatic carbocycles. The van der Waals surface area contributed by atoms with Crippen LogP contribution in [0.15, 0.2) is 24.3 Å². The lowest BCUT2D eigenvalue weighted by atomic mass is 10.0. The number of aliphatic hydroxyl groups excluding tert-OH is 1. The lowest BCUT2D eigenvalue weighted by molar-refractivity contribution is 0.263. The van der Waals surface area contributed by atoms with Gasteiger partial charge in [0.2, 0.25) is 0 Å². The molecule has 0 aliphatic rings. The zero-order chi connectivity index (χ0) is 13.4. The van der Waals surface area contributed by atoms with E-state index in [1.807, 2.05) is 11.8 Å². The average molecular weight is 267 g/mol. The second kappa shape index (κ2) is 8.57. The summed E-state index contributed by atoms with van der Waals surface area (Å²) in [6, 6.07) is 9.49. The van der Waals surface area contributed by atoms with Gasteiger partial charge < -0.3 is 10.4 Å². The van der Waals surface area contributed by atoms with E-state index in [0.717, 1.165) is 18.6 Å². The van der Waals surface area contributed by atoms with E-state index in [9.17, 15) is 0 Å². The molecule has 0 saturated carbocycles. The Kier molecular flexibility index (Phi) is 7.40. The van der Waals surface area contributed by atoms with Gasteiger partial charge in [0.15, 0.2) is 0 Å². The molecule has 102 valence electrons. The van der Waals surface area contributed by atoms with E-state index >= 15 is 0 Å². The second-order valence-electron chi connectivity index (χ2n) is 4.70. The number of aliphatic hydroxyl groups is 1. The van der Waals surface area contributed by atoms with Crippen LogP contribution in [0.4, 0.5) is 0 Å². The fourth-order valence-electron chi connectivity index (χ4n) is 2.10. The standard InChI is InChI=1S/C15H25NOS/c1-4-15(13-7-5-12(2)6-8-13)16-14(9-10-17)11-18-3/h5-8,14-17H,4,9-11H2,1-3H3. The van der Waals surface area contributed by atoms with Gasteiger partial charge in [0.25, 0.3) is 0 Å². The number of benzene rings is 1. The van der Waals surface area contributed by atoms with E-state index in [-0.39, 0.29) is 6.61 Å². The van der Waals surface area contributed by atoms with Gasteiger partial charge in [-0.15, -0.1) is 0 Å². The highest BCUT2D eigenvalue weighted by molar-refractivity contribution is 7.98. The van der Waals surface area contributed by atoms with Gasteiger partial charge in [-0.3, -0.25) is 0 Å². The van der Waals surface area contributed by atoms with E-state index in [0.29, 0.717) is 12.1 Å². The van der Waals surface area contributed by atoms with E-state index in [4.69, 9.17) is 5.11 Å². The molecule has 1 rings (SSSR count). The first-order valence-corrected chi connectivity index (χ1v) is 8.03. The van der Waals surface area contributed by atoms with Crippen LogP contribution in [0.1, 0.15) is 36.9 Å². The van der Waals surface area contributed by atoms with Crippen LogP contribution in [0.25, 0.3) is 0 Å². The third kappa shape index (κ3) is 5.01. The summed E-state index contributed by atoms with van der Waals surface area (Å²) < 4.78 is 0. The quantitative estimate of drug-likeness (QED) is 0.759. The van der Waals surface area contributed by atoms with Gasteiger partial charge in [-0.25, -0.2) is 0 Å². The SMILES string of the molecule is CCC(NC(CCO)CSC)c1ccc(C)cc1. The first-order chi connectivity index (χ1) is 8.71. The Bertz CT molecular complexity index is 320. The number of nitrogens with one attached hydrogen (secondary N) is 1. The molecule has 0 aromatic heterocycles. The highest BCUT2D eigenvalue weighted by atomic mass is 32.2. The topological polar surface area (TPSA) is 32.3 Å². The van der Waals surface area contributed by atoms with Crippen LogP contribution in [-0.2, 0) is 0 Å². The summed E-state index contributed by atoms with van der Waals surface area (Å²) in [6.07, 6.45) is 4.00. The van der Waals surface area contributed by atoms with Crippen molar-refractivity contribution in [2.75, 3.05) is 18.6 Å². The van der Waals surface area contributed by atoms with E-state index < -0.39 is 0 Å². The molecule has 2 N–H and O–H groups in total. The molecule has 1 aromatic rings. The molecule has 0 radical (unpaired) electrons. The molecule has 2 unspecified atom stereocenters. The molecule has 0 bridgehead atoms. The number of rotatable bonds is 8. The monoisotopic (exact) mass is 267 g/mol. The Morgan fingerprint density at radius 2 is 1.94 bits per heavy atom. The third-order valence-electron chi connectivity index (χ3n) is 3.17. The minimum Gasteiger partial charge on any atom is -0.396 e. The van der Waals surface area contributed by atoms with Crippen molar-refractivity contribution < 1.29 is 5.11 Å². The van der Waals surface area contributed by atoms with E-state index in [2.05, 4.69) is 49.7 Å². The zero-order valence-electron chi connectivity index (χ0n) is 11.6. The van der Waals surface area contributed by atoms with Crippen LogP contribution in [-0.4, -0.2) is 29.8 Å². The number of hydrogen-bond donors (Lipinski definition) is 2. The third-order valence-corrected chi connectivity index (χ3v) is 3.91. The summed E-state index contributed by atoms with van der Waals surface area (Å²) in [5.41, 5.74) is 2.64. The molecule has 2 nitrogen and oxygen atoms in total. The van der Waals surface area contributed by atoms with Crippen LogP contribution in [0.3, 0.4) is 0 Å². The number of thioether (sulfide) groups is 1. The Morgan fingerprint density at radius 1 is 1.28 bits per heavy atom. The largest absolute Gasteiger partial charge is 0.396 e. The molecule has 0 spiro atoms. The van der Waals surface area contributed by atoms with Gasteiger partial charge in [-0.05, 0) is 31.6 Å². The summed E-state index contributed by atoms with van der Waals surface area (Å²) >= 11 is 1.83. The average Bonchev–Trinajstić information content (AvgIpc) is 2.37. The molecular formula is C15H25NOS. The maximum atomic E-state index is 9.11. The highest BCUT2D eigenvalue weighted by Gasteiger charge is 2.14. The normalized spacial score (nSPS) is 14.4. The van der Waals surface area contributed by atoms with Crippen molar-refractivity contribution in [3.05, 3.63) is 35.4 Å². The van der Waals surface area contributed by atoms with Crippen LogP contribution in [0, 0.1) is 6.92 Å². The molecular weight excluding hydrogens is 242 g/mol. The Hall–Kier alpha value is -0.510. The minimum absolute atomic E-state index is 0.253. The van der Waals surface area contributed by atoms with E-state index in [1.165, 1.54) is 11.1 Å². The predicted molar refractivity (Wildman–Crippen MR) is 81.2 cm³/mol. The van der Waals surface area contributed by atoms with Gasteiger partial charge in [0, 0.05) is 24.4 Å². The number of hydrogen-bond acceptors (Lipinski definition) is 3. The van der Waals surface area contributed by atoms with Gasteiger partial charge >= 0.3 is 0 Å². The minimum atomic E-state index is 0.253. The predicted octanol–water partition coefficient (Wildman–Crippen LogP) is 3.15. The summed E-state index contributed by atoms with van der Waals surface area (Å²) in [5.74, 6) is 1.04. The Labute approximate surface area is 115 Å².